The fourth-order valence-corrected chi connectivity index (χ4v) is 2.13. The molecule has 0 amide bonds. The van der Waals surface area contributed by atoms with Crippen LogP contribution in [-0.4, -0.2) is 5.33 Å². The predicted octanol–water partition coefficient (Wildman–Crippen LogP) is 4.34. The Morgan fingerprint density at radius 1 is 1.00 bits per heavy atom. The number of hydrogen-bond donors (Lipinski definition) is 0. The molecule has 0 spiro atoms. The molecule has 0 aliphatic carbocycles. The van der Waals surface area contributed by atoms with E-state index in [2.05, 4.69) is 15.9 Å². The minimum absolute atomic E-state index is 0.257. The molecule has 94 valence electrons. The van der Waals surface area contributed by atoms with Gasteiger partial charge in [0.25, 0.3) is 0 Å². The van der Waals surface area contributed by atoms with Gasteiger partial charge in [-0.1, -0.05) is 58.4 Å². The highest BCUT2D eigenvalue weighted by molar-refractivity contribution is 9.09. The molecule has 0 unspecified atom stereocenters. The molecule has 0 N–H and O–H groups in total. The van der Waals surface area contributed by atoms with Crippen molar-refractivity contribution in [1.82, 2.24) is 0 Å². The Labute approximate surface area is 115 Å². The van der Waals surface area contributed by atoms with E-state index in [4.69, 9.17) is 4.74 Å². The van der Waals surface area contributed by atoms with Crippen molar-refractivity contribution in [3.63, 3.8) is 0 Å². The van der Waals surface area contributed by atoms with Crippen LogP contribution in [0.4, 0.5) is 4.39 Å². The number of aryl methyl sites for hydroxylation is 1. The van der Waals surface area contributed by atoms with Crippen LogP contribution >= 0.6 is 15.9 Å². The Kier molecular flexibility index (Phi) is 4.76. The second-order valence-electron chi connectivity index (χ2n) is 3.94. The highest BCUT2D eigenvalue weighted by atomic mass is 79.9. The largest absolute Gasteiger partial charge is 0.486 e. The molecule has 0 saturated heterocycles. The maximum absolute atomic E-state index is 14.0. The zero-order valence-electron chi connectivity index (χ0n) is 9.90. The van der Waals surface area contributed by atoms with Gasteiger partial charge in [-0.3, -0.25) is 0 Å². The zero-order valence-corrected chi connectivity index (χ0v) is 11.5. The molecule has 2 aromatic carbocycles. The third-order valence-electron chi connectivity index (χ3n) is 2.64. The molecule has 0 atom stereocenters. The Morgan fingerprint density at radius 2 is 1.78 bits per heavy atom. The lowest BCUT2D eigenvalue weighted by molar-refractivity contribution is 0.289. The lowest BCUT2D eigenvalue weighted by atomic mass is 10.1. The maximum atomic E-state index is 14.0. The van der Waals surface area contributed by atoms with E-state index in [-0.39, 0.29) is 5.82 Å². The van der Waals surface area contributed by atoms with Gasteiger partial charge in [0, 0.05) is 5.33 Å². The fourth-order valence-electron chi connectivity index (χ4n) is 1.70. The van der Waals surface area contributed by atoms with Crippen molar-refractivity contribution in [2.24, 2.45) is 0 Å². The highest BCUT2D eigenvalue weighted by Crippen LogP contribution is 2.22. The maximum Gasteiger partial charge on any atom is 0.168 e. The summed E-state index contributed by atoms with van der Waals surface area (Å²) in [5, 5.41) is 0.742. The molecule has 0 aliphatic heterocycles. The molecular weight excluding hydrogens is 295 g/mol. The van der Waals surface area contributed by atoms with Gasteiger partial charge in [-0.15, -0.1) is 0 Å². The number of halogens is 2. The number of rotatable bonds is 5. The fraction of sp³-hybridized carbons (Fsp3) is 0.200. The average Bonchev–Trinajstić information content (AvgIpc) is 2.41. The van der Waals surface area contributed by atoms with Crippen LogP contribution in [0.2, 0.25) is 0 Å². The number of ether oxygens (including phenoxy) is 1. The van der Waals surface area contributed by atoms with Gasteiger partial charge in [0.05, 0.1) is 0 Å². The Bertz CT molecular complexity index is 499. The van der Waals surface area contributed by atoms with Crippen LogP contribution in [0.5, 0.6) is 5.75 Å². The summed E-state index contributed by atoms with van der Waals surface area (Å²) in [6.07, 6.45) is 0.661. The molecule has 2 rings (SSSR count). The molecule has 0 aromatic heterocycles. The smallest absolute Gasteiger partial charge is 0.168 e. The molecule has 0 saturated carbocycles. The molecule has 0 heterocycles. The van der Waals surface area contributed by atoms with Crippen LogP contribution in [-0.2, 0) is 13.0 Å². The Hall–Kier alpha value is -1.35. The van der Waals surface area contributed by atoms with Crippen LogP contribution in [0.3, 0.4) is 0 Å². The number of alkyl halides is 1. The molecule has 2 aromatic rings. The molecule has 3 heteroatoms. The normalized spacial score (nSPS) is 10.3. The molecule has 0 aliphatic rings. The van der Waals surface area contributed by atoms with E-state index in [0.717, 1.165) is 10.9 Å². The van der Waals surface area contributed by atoms with Crippen molar-refractivity contribution in [2.75, 3.05) is 5.33 Å². The second kappa shape index (κ2) is 6.55. The SMILES string of the molecule is Fc1c(CCBr)cccc1OCc1ccccc1. The summed E-state index contributed by atoms with van der Waals surface area (Å²) in [5.41, 5.74) is 1.71. The van der Waals surface area contributed by atoms with Crippen molar-refractivity contribution in [3.05, 3.63) is 65.5 Å². The van der Waals surface area contributed by atoms with E-state index in [0.29, 0.717) is 24.3 Å². The monoisotopic (exact) mass is 308 g/mol. The first kappa shape index (κ1) is 13.1. The predicted molar refractivity (Wildman–Crippen MR) is 74.7 cm³/mol. The summed E-state index contributed by atoms with van der Waals surface area (Å²) >= 11 is 3.31. The molecule has 18 heavy (non-hydrogen) atoms. The van der Waals surface area contributed by atoms with Gasteiger partial charge in [0.1, 0.15) is 6.61 Å². The molecule has 0 fully saturated rings. The highest BCUT2D eigenvalue weighted by Gasteiger charge is 2.08. The Morgan fingerprint density at radius 3 is 2.50 bits per heavy atom. The summed E-state index contributed by atoms with van der Waals surface area (Å²) < 4.78 is 19.5. The van der Waals surface area contributed by atoms with Crippen LogP contribution in [0.15, 0.2) is 48.5 Å². The first-order valence-corrected chi connectivity index (χ1v) is 6.93. The average molecular weight is 309 g/mol. The zero-order chi connectivity index (χ0) is 12.8. The Balaban J connectivity index is 2.08. The van der Waals surface area contributed by atoms with Crippen LogP contribution in [0, 0.1) is 5.82 Å². The summed E-state index contributed by atoms with van der Waals surface area (Å²) in [5.74, 6) is 0.0604. The summed E-state index contributed by atoms with van der Waals surface area (Å²) in [7, 11) is 0. The van der Waals surface area contributed by atoms with Crippen LogP contribution in [0.25, 0.3) is 0 Å². The van der Waals surface area contributed by atoms with Gasteiger partial charge in [-0.2, -0.15) is 0 Å². The van der Waals surface area contributed by atoms with Gasteiger partial charge < -0.3 is 4.74 Å². The number of hydrogen-bond acceptors (Lipinski definition) is 1. The second-order valence-corrected chi connectivity index (χ2v) is 4.74. The third kappa shape index (κ3) is 3.33. The van der Waals surface area contributed by atoms with Gasteiger partial charge in [-0.05, 0) is 23.6 Å². The molecule has 0 bridgehead atoms. The minimum atomic E-state index is -0.257. The van der Waals surface area contributed by atoms with Crippen molar-refractivity contribution >= 4 is 15.9 Å². The third-order valence-corrected chi connectivity index (χ3v) is 3.04. The molecule has 0 radical (unpaired) electrons. The van der Waals surface area contributed by atoms with E-state index in [9.17, 15) is 4.39 Å². The lowest BCUT2D eigenvalue weighted by Crippen LogP contribution is -2.00. The first-order chi connectivity index (χ1) is 8.81. The van der Waals surface area contributed by atoms with Gasteiger partial charge in [0.2, 0.25) is 0 Å². The topological polar surface area (TPSA) is 9.23 Å². The van der Waals surface area contributed by atoms with Crippen LogP contribution in [0.1, 0.15) is 11.1 Å². The first-order valence-electron chi connectivity index (χ1n) is 5.81. The van der Waals surface area contributed by atoms with E-state index < -0.39 is 0 Å². The summed E-state index contributed by atoms with van der Waals surface area (Å²) in [6.45, 7) is 0.384. The quantitative estimate of drug-likeness (QED) is 0.747. The van der Waals surface area contributed by atoms with Crippen molar-refractivity contribution in [3.8, 4) is 5.75 Å². The van der Waals surface area contributed by atoms with Gasteiger partial charge in [-0.25, -0.2) is 4.39 Å². The van der Waals surface area contributed by atoms with E-state index in [1.807, 2.05) is 36.4 Å². The van der Waals surface area contributed by atoms with E-state index >= 15 is 0 Å². The van der Waals surface area contributed by atoms with Crippen LogP contribution < -0.4 is 4.74 Å². The van der Waals surface area contributed by atoms with Crippen molar-refractivity contribution in [2.45, 2.75) is 13.0 Å². The van der Waals surface area contributed by atoms with Crippen molar-refractivity contribution in [1.29, 1.82) is 0 Å². The standard InChI is InChI=1S/C15H14BrFO/c16-10-9-13-7-4-8-14(15(13)17)18-11-12-5-2-1-3-6-12/h1-8H,9-11H2. The molecular formula is C15H14BrFO. The summed E-state index contributed by atoms with van der Waals surface area (Å²) in [6, 6.07) is 15.0. The molecule has 1 nitrogen and oxygen atoms in total. The number of benzene rings is 2. The lowest BCUT2D eigenvalue weighted by Gasteiger charge is -2.09. The van der Waals surface area contributed by atoms with Gasteiger partial charge in [0.15, 0.2) is 11.6 Å². The van der Waals surface area contributed by atoms with E-state index in [1.165, 1.54) is 0 Å². The van der Waals surface area contributed by atoms with E-state index in [1.54, 1.807) is 12.1 Å². The summed E-state index contributed by atoms with van der Waals surface area (Å²) in [4.78, 5) is 0. The van der Waals surface area contributed by atoms with Crippen molar-refractivity contribution < 1.29 is 9.13 Å². The van der Waals surface area contributed by atoms with Gasteiger partial charge >= 0.3 is 0 Å². The minimum Gasteiger partial charge on any atom is -0.486 e.